The number of fused-ring (bicyclic) bond motifs is 4. The molecule has 30 heavy (non-hydrogen) atoms. The molecule has 0 aliphatic heterocycles. The first kappa shape index (κ1) is 21.5. The van der Waals surface area contributed by atoms with E-state index in [0.29, 0.717) is 34.4 Å². The maximum atomic E-state index is 13.8. The van der Waals surface area contributed by atoms with Crippen LogP contribution in [0.4, 0.5) is 0 Å². The van der Waals surface area contributed by atoms with E-state index in [1.54, 1.807) is 0 Å². The van der Waals surface area contributed by atoms with Crippen LogP contribution in [0.25, 0.3) is 0 Å². The zero-order valence-electron chi connectivity index (χ0n) is 20.3. The summed E-state index contributed by atoms with van der Waals surface area (Å²) < 4.78 is 0. The summed E-state index contributed by atoms with van der Waals surface area (Å²) in [5, 5.41) is 10.4. The van der Waals surface area contributed by atoms with E-state index in [0.717, 1.165) is 43.4 Å². The van der Waals surface area contributed by atoms with Gasteiger partial charge in [-0.15, -0.1) is 0 Å². The summed E-state index contributed by atoms with van der Waals surface area (Å²) in [7, 11) is 0. The van der Waals surface area contributed by atoms with Crippen molar-refractivity contribution in [2.45, 2.75) is 111 Å². The van der Waals surface area contributed by atoms with Gasteiger partial charge in [0, 0.05) is 11.8 Å². The SMILES string of the molecule is CC(C)CCC[C@@H](C)[C@H]1CC[C@H]2[C@@H]3C(=O)[C@@H]4C[C@@]45C[C@@H](O)CC[C@]5(C)[C@H]3CC[C@]12C. The summed E-state index contributed by atoms with van der Waals surface area (Å²) in [6.45, 7) is 12.3. The van der Waals surface area contributed by atoms with Crippen LogP contribution >= 0.6 is 0 Å². The number of aliphatic hydroxyl groups excluding tert-OH is 1. The Hall–Kier alpha value is -0.370. The van der Waals surface area contributed by atoms with Crippen LogP contribution in [-0.2, 0) is 4.79 Å². The van der Waals surface area contributed by atoms with Crippen LogP contribution < -0.4 is 0 Å². The molecule has 0 aromatic rings. The van der Waals surface area contributed by atoms with Crippen LogP contribution in [0, 0.1) is 57.7 Å². The van der Waals surface area contributed by atoms with Gasteiger partial charge in [0.25, 0.3) is 0 Å². The smallest absolute Gasteiger partial charge is 0.140 e. The monoisotopic (exact) mass is 414 g/mol. The zero-order valence-corrected chi connectivity index (χ0v) is 20.3. The van der Waals surface area contributed by atoms with Gasteiger partial charge in [-0.05, 0) is 97.2 Å². The van der Waals surface area contributed by atoms with E-state index in [-0.39, 0.29) is 17.4 Å². The van der Waals surface area contributed by atoms with Crippen molar-refractivity contribution in [3.8, 4) is 0 Å². The van der Waals surface area contributed by atoms with E-state index in [1.165, 1.54) is 44.9 Å². The normalized spacial score (nSPS) is 53.0. The number of carbonyl (C=O) groups excluding carboxylic acids is 1. The van der Waals surface area contributed by atoms with Crippen LogP contribution in [0.1, 0.15) is 105 Å². The first-order valence-corrected chi connectivity index (χ1v) is 13.4. The van der Waals surface area contributed by atoms with Crippen molar-refractivity contribution in [1.82, 2.24) is 0 Å². The number of hydrogen-bond donors (Lipinski definition) is 1. The third-order valence-corrected chi connectivity index (χ3v) is 11.8. The fourth-order valence-corrected chi connectivity index (χ4v) is 10.1. The topological polar surface area (TPSA) is 37.3 Å². The molecule has 0 heterocycles. The second-order valence-electron chi connectivity index (χ2n) is 13.4. The van der Waals surface area contributed by atoms with Gasteiger partial charge in [0.15, 0.2) is 0 Å². The van der Waals surface area contributed by atoms with Gasteiger partial charge >= 0.3 is 0 Å². The number of Topliss-reactive ketones (excluding diaryl/α,β-unsaturated/α-hetero) is 1. The molecule has 0 radical (unpaired) electrons. The Labute approximate surface area is 185 Å². The summed E-state index contributed by atoms with van der Waals surface area (Å²) in [5.41, 5.74) is 0.851. The average molecular weight is 415 g/mol. The molecule has 170 valence electrons. The molecule has 2 nitrogen and oxygen atoms in total. The van der Waals surface area contributed by atoms with Crippen LogP contribution in [0.2, 0.25) is 0 Å². The van der Waals surface area contributed by atoms with Crippen molar-refractivity contribution in [3.63, 3.8) is 0 Å². The third kappa shape index (κ3) is 2.80. The van der Waals surface area contributed by atoms with Gasteiger partial charge in [0.2, 0.25) is 0 Å². The Kier molecular flexibility index (Phi) is 5.06. The van der Waals surface area contributed by atoms with E-state index >= 15 is 0 Å². The second kappa shape index (κ2) is 7.06. The number of carbonyl (C=O) groups is 1. The first-order valence-electron chi connectivity index (χ1n) is 13.4. The minimum absolute atomic E-state index is 0.163. The molecular weight excluding hydrogens is 368 g/mol. The van der Waals surface area contributed by atoms with E-state index in [4.69, 9.17) is 0 Å². The molecular formula is C28H46O2. The molecule has 0 aromatic carbocycles. The predicted octanol–water partition coefficient (Wildman–Crippen LogP) is 6.65. The van der Waals surface area contributed by atoms with Gasteiger partial charge < -0.3 is 5.11 Å². The second-order valence-corrected chi connectivity index (χ2v) is 13.4. The van der Waals surface area contributed by atoms with Crippen LogP contribution in [-0.4, -0.2) is 17.0 Å². The van der Waals surface area contributed by atoms with Crippen LogP contribution in [0.3, 0.4) is 0 Å². The van der Waals surface area contributed by atoms with E-state index in [2.05, 4.69) is 34.6 Å². The van der Waals surface area contributed by atoms with Crippen molar-refractivity contribution >= 4 is 5.78 Å². The minimum atomic E-state index is -0.163. The Morgan fingerprint density at radius 3 is 2.47 bits per heavy atom. The lowest BCUT2D eigenvalue weighted by molar-refractivity contribution is -0.163. The predicted molar refractivity (Wildman–Crippen MR) is 122 cm³/mol. The summed E-state index contributed by atoms with van der Waals surface area (Å²) >= 11 is 0. The van der Waals surface area contributed by atoms with E-state index < -0.39 is 0 Å². The third-order valence-electron chi connectivity index (χ3n) is 11.8. The highest BCUT2D eigenvalue weighted by Gasteiger charge is 2.77. The summed E-state index contributed by atoms with van der Waals surface area (Å²) in [6, 6.07) is 0. The number of aliphatic hydroxyl groups is 1. The largest absolute Gasteiger partial charge is 0.393 e. The lowest BCUT2D eigenvalue weighted by Gasteiger charge is -2.60. The molecule has 0 aromatic heterocycles. The molecule has 2 heteroatoms. The Morgan fingerprint density at radius 2 is 1.73 bits per heavy atom. The van der Waals surface area contributed by atoms with Gasteiger partial charge in [-0.2, -0.15) is 0 Å². The van der Waals surface area contributed by atoms with Crippen molar-refractivity contribution in [1.29, 1.82) is 0 Å². The number of rotatable bonds is 5. The summed E-state index contributed by atoms with van der Waals surface area (Å²) in [5.74, 6) is 4.89. The Morgan fingerprint density at radius 1 is 0.967 bits per heavy atom. The van der Waals surface area contributed by atoms with E-state index in [9.17, 15) is 9.90 Å². The first-order chi connectivity index (χ1) is 14.1. The zero-order chi connectivity index (χ0) is 21.5. The van der Waals surface area contributed by atoms with Crippen molar-refractivity contribution in [2.24, 2.45) is 57.7 Å². The Balaban J connectivity index is 1.37. The fraction of sp³-hybridized carbons (Fsp3) is 0.964. The number of hydrogen-bond acceptors (Lipinski definition) is 2. The van der Waals surface area contributed by atoms with E-state index in [1.807, 2.05) is 0 Å². The molecule has 0 unspecified atom stereocenters. The maximum absolute atomic E-state index is 13.8. The lowest BCUT2D eigenvalue weighted by Crippen LogP contribution is -2.58. The number of ketones is 1. The van der Waals surface area contributed by atoms with Gasteiger partial charge in [0.1, 0.15) is 5.78 Å². The highest BCUT2D eigenvalue weighted by Crippen LogP contribution is 2.79. The lowest BCUT2D eigenvalue weighted by atomic mass is 9.43. The quantitative estimate of drug-likeness (QED) is 0.547. The fourth-order valence-electron chi connectivity index (χ4n) is 10.1. The molecule has 5 aliphatic carbocycles. The molecule has 5 fully saturated rings. The maximum Gasteiger partial charge on any atom is 0.140 e. The molecule has 5 saturated carbocycles. The molecule has 0 saturated heterocycles. The highest BCUT2D eigenvalue weighted by atomic mass is 16.3. The van der Waals surface area contributed by atoms with Crippen LogP contribution in [0.5, 0.6) is 0 Å². The van der Waals surface area contributed by atoms with Gasteiger partial charge in [-0.3, -0.25) is 4.79 Å². The molecule has 5 aliphatic rings. The molecule has 1 spiro atoms. The van der Waals surface area contributed by atoms with Gasteiger partial charge in [-0.1, -0.05) is 53.9 Å². The summed E-state index contributed by atoms with van der Waals surface area (Å²) in [6.07, 6.45) is 13.3. The van der Waals surface area contributed by atoms with Crippen molar-refractivity contribution in [2.75, 3.05) is 0 Å². The van der Waals surface area contributed by atoms with Gasteiger partial charge in [0.05, 0.1) is 6.10 Å². The summed E-state index contributed by atoms with van der Waals surface area (Å²) in [4.78, 5) is 13.8. The standard InChI is InChI=1S/C28H46O2/c1-17(2)7-6-8-18(3)20-9-10-21-24-22(12-13-26(20,21)4)27(5)14-11-19(29)15-28(27)16-23(28)25(24)30/h17-24,29H,6-16H2,1-5H3/t18-,19+,20-,21+,22+,23+,24+,26-,27-,28+/m1/s1. The Bertz CT molecular complexity index is 699. The molecule has 10 atom stereocenters. The highest BCUT2D eigenvalue weighted by molar-refractivity contribution is 5.89. The van der Waals surface area contributed by atoms with Crippen molar-refractivity contribution < 1.29 is 9.90 Å². The minimum Gasteiger partial charge on any atom is -0.393 e. The van der Waals surface area contributed by atoms with Crippen molar-refractivity contribution in [3.05, 3.63) is 0 Å². The average Bonchev–Trinajstić information content (AvgIpc) is 3.29. The molecule has 0 bridgehead atoms. The molecule has 0 amide bonds. The van der Waals surface area contributed by atoms with Gasteiger partial charge in [-0.25, -0.2) is 0 Å². The molecule has 1 N–H and O–H groups in total. The molecule has 5 rings (SSSR count). The van der Waals surface area contributed by atoms with Crippen LogP contribution in [0.15, 0.2) is 0 Å².